The first-order valence-corrected chi connectivity index (χ1v) is 5.94. The summed E-state index contributed by atoms with van der Waals surface area (Å²) in [5.41, 5.74) is -2.37. The van der Waals surface area contributed by atoms with Gasteiger partial charge in [-0.15, -0.1) is 0 Å². The van der Waals surface area contributed by atoms with Gasteiger partial charge in [-0.05, 0) is 12.1 Å². The molecule has 0 saturated carbocycles. The number of halogens is 3. The number of hydrogen-bond acceptors (Lipinski definition) is 3. The van der Waals surface area contributed by atoms with Gasteiger partial charge in [0.15, 0.2) is 5.69 Å². The summed E-state index contributed by atoms with van der Waals surface area (Å²) < 4.78 is 39.6. The topological polar surface area (TPSA) is 84.2 Å². The Balaban J connectivity index is 2.37. The van der Waals surface area contributed by atoms with Gasteiger partial charge in [0.25, 0.3) is 5.91 Å². The lowest BCUT2D eigenvalue weighted by Crippen LogP contribution is -2.19. The zero-order chi connectivity index (χ0) is 16.5. The Kier molecular flexibility index (Phi) is 3.89. The van der Waals surface area contributed by atoms with Crippen LogP contribution in [0.1, 0.15) is 26.4 Å². The van der Waals surface area contributed by atoms with Crippen molar-refractivity contribution in [3.63, 3.8) is 0 Å². The third kappa shape index (κ3) is 3.08. The highest BCUT2D eigenvalue weighted by molar-refractivity contribution is 6.09. The van der Waals surface area contributed by atoms with Gasteiger partial charge < -0.3 is 10.4 Å². The van der Waals surface area contributed by atoms with E-state index in [0.717, 1.165) is 23.0 Å². The van der Waals surface area contributed by atoms with Crippen LogP contribution in [-0.2, 0) is 13.2 Å². The van der Waals surface area contributed by atoms with E-state index < -0.39 is 40.6 Å². The first-order chi connectivity index (χ1) is 10.2. The van der Waals surface area contributed by atoms with Crippen LogP contribution in [0, 0.1) is 0 Å². The van der Waals surface area contributed by atoms with Gasteiger partial charge in [-0.3, -0.25) is 9.48 Å². The molecule has 1 amide bonds. The lowest BCUT2D eigenvalue weighted by Gasteiger charge is -2.13. The number of carbonyl (C=O) groups excluding carboxylic acids is 1. The second-order valence-corrected chi connectivity index (χ2v) is 4.37. The number of carboxylic acids is 1. The van der Waals surface area contributed by atoms with E-state index in [1.807, 2.05) is 5.32 Å². The summed E-state index contributed by atoms with van der Waals surface area (Å²) in [5, 5.41) is 14.7. The van der Waals surface area contributed by atoms with Crippen molar-refractivity contribution in [3.05, 3.63) is 47.3 Å². The Labute approximate surface area is 122 Å². The minimum Gasteiger partial charge on any atom is -0.478 e. The van der Waals surface area contributed by atoms with Crippen LogP contribution in [0.2, 0.25) is 0 Å². The fourth-order valence-electron chi connectivity index (χ4n) is 1.83. The number of anilines is 1. The zero-order valence-electron chi connectivity index (χ0n) is 11.2. The van der Waals surface area contributed by atoms with Gasteiger partial charge in [-0.1, -0.05) is 12.1 Å². The molecule has 0 bridgehead atoms. The second kappa shape index (κ2) is 5.51. The van der Waals surface area contributed by atoms with Gasteiger partial charge in [-0.25, -0.2) is 4.79 Å². The minimum absolute atomic E-state index is 0.399. The number of hydrogen-bond donors (Lipinski definition) is 2. The molecule has 0 aliphatic rings. The van der Waals surface area contributed by atoms with Gasteiger partial charge in [0, 0.05) is 13.2 Å². The van der Waals surface area contributed by atoms with Crippen LogP contribution in [0.25, 0.3) is 0 Å². The molecule has 0 saturated heterocycles. The highest BCUT2D eigenvalue weighted by Crippen LogP contribution is 2.34. The lowest BCUT2D eigenvalue weighted by molar-refractivity contribution is -0.136. The number of nitrogens with one attached hydrogen (secondary N) is 1. The van der Waals surface area contributed by atoms with Crippen LogP contribution in [0.3, 0.4) is 0 Å². The molecular formula is C13H10F3N3O3. The van der Waals surface area contributed by atoms with E-state index >= 15 is 0 Å². The Morgan fingerprint density at radius 2 is 1.91 bits per heavy atom. The van der Waals surface area contributed by atoms with Gasteiger partial charge in [0.2, 0.25) is 0 Å². The Morgan fingerprint density at radius 1 is 1.27 bits per heavy atom. The van der Waals surface area contributed by atoms with Crippen LogP contribution < -0.4 is 5.32 Å². The summed E-state index contributed by atoms with van der Waals surface area (Å²) in [6.45, 7) is 0. The first kappa shape index (κ1) is 15.5. The number of aromatic nitrogens is 2. The molecule has 2 aromatic rings. The maximum absolute atomic E-state index is 12.8. The molecule has 2 rings (SSSR count). The quantitative estimate of drug-likeness (QED) is 0.911. The number of carbonyl (C=O) groups is 2. The fourth-order valence-corrected chi connectivity index (χ4v) is 1.83. The Morgan fingerprint density at radius 3 is 2.50 bits per heavy atom. The van der Waals surface area contributed by atoms with E-state index in [1.54, 1.807) is 0 Å². The Bertz CT molecular complexity index is 738. The minimum atomic E-state index is -4.65. The maximum atomic E-state index is 12.8. The normalized spacial score (nSPS) is 11.3. The molecule has 6 nitrogen and oxygen atoms in total. The monoisotopic (exact) mass is 313 g/mol. The smallest absolute Gasteiger partial charge is 0.418 e. The predicted octanol–water partition coefficient (Wildman–Crippen LogP) is 2.39. The zero-order valence-corrected chi connectivity index (χ0v) is 11.2. The maximum Gasteiger partial charge on any atom is 0.418 e. The first-order valence-electron chi connectivity index (χ1n) is 5.94. The van der Waals surface area contributed by atoms with E-state index in [9.17, 15) is 22.8 Å². The number of aryl methyl sites for hydroxylation is 1. The van der Waals surface area contributed by atoms with Crippen molar-refractivity contribution in [2.75, 3.05) is 5.32 Å². The average molecular weight is 313 g/mol. The fraction of sp³-hybridized carbons (Fsp3) is 0.154. The van der Waals surface area contributed by atoms with Gasteiger partial charge in [0.05, 0.1) is 11.3 Å². The van der Waals surface area contributed by atoms with E-state index in [0.29, 0.717) is 0 Å². The van der Waals surface area contributed by atoms with Crippen LogP contribution in [0.5, 0.6) is 0 Å². The van der Waals surface area contributed by atoms with Crippen LogP contribution in [-0.4, -0.2) is 26.8 Å². The van der Waals surface area contributed by atoms with E-state index in [-0.39, 0.29) is 0 Å². The van der Waals surface area contributed by atoms with Crippen molar-refractivity contribution in [2.45, 2.75) is 6.18 Å². The second-order valence-electron chi connectivity index (χ2n) is 4.37. The highest BCUT2D eigenvalue weighted by atomic mass is 19.4. The van der Waals surface area contributed by atoms with Crippen LogP contribution >= 0.6 is 0 Å². The molecule has 22 heavy (non-hydrogen) atoms. The molecule has 116 valence electrons. The van der Waals surface area contributed by atoms with Gasteiger partial charge in [-0.2, -0.15) is 18.3 Å². The molecule has 1 aromatic carbocycles. The van der Waals surface area contributed by atoms with Crippen molar-refractivity contribution in [3.8, 4) is 0 Å². The lowest BCUT2D eigenvalue weighted by atomic mass is 10.1. The van der Waals surface area contributed by atoms with E-state index in [4.69, 9.17) is 5.11 Å². The summed E-state index contributed by atoms with van der Waals surface area (Å²) in [5.74, 6) is -2.43. The summed E-state index contributed by atoms with van der Waals surface area (Å²) in [6, 6.07) is 4.39. The molecule has 0 radical (unpaired) electrons. The third-order valence-electron chi connectivity index (χ3n) is 2.75. The highest BCUT2D eigenvalue weighted by Gasteiger charge is 2.34. The van der Waals surface area contributed by atoms with E-state index in [2.05, 4.69) is 5.10 Å². The predicted molar refractivity (Wildman–Crippen MR) is 69.6 cm³/mol. The van der Waals surface area contributed by atoms with Gasteiger partial charge >= 0.3 is 12.1 Å². The van der Waals surface area contributed by atoms with E-state index in [1.165, 1.54) is 19.2 Å². The summed E-state index contributed by atoms with van der Waals surface area (Å²) in [6.07, 6.45) is -3.56. The SMILES string of the molecule is Cn1cc(C(=O)O)c(C(=O)Nc2ccccc2C(F)(F)F)n1. The number of nitrogens with zero attached hydrogens (tertiary/aromatic N) is 2. The number of aromatic carboxylic acids is 1. The third-order valence-corrected chi connectivity index (χ3v) is 2.75. The summed E-state index contributed by atoms with van der Waals surface area (Å²) in [7, 11) is 1.40. The largest absolute Gasteiger partial charge is 0.478 e. The van der Waals surface area contributed by atoms with Crippen molar-refractivity contribution in [1.82, 2.24) is 9.78 Å². The summed E-state index contributed by atoms with van der Waals surface area (Å²) >= 11 is 0. The molecule has 1 heterocycles. The number of carboxylic acid groups (broad SMARTS) is 1. The van der Waals surface area contributed by atoms with Crippen molar-refractivity contribution < 1.29 is 27.9 Å². The van der Waals surface area contributed by atoms with Crippen molar-refractivity contribution in [2.24, 2.45) is 7.05 Å². The standard InChI is InChI=1S/C13H10F3N3O3/c1-19-6-7(12(21)22)10(18-19)11(20)17-9-5-3-2-4-8(9)13(14,15)16/h2-6H,1H3,(H,17,20)(H,21,22). The number of rotatable bonds is 3. The van der Waals surface area contributed by atoms with Crippen LogP contribution in [0.15, 0.2) is 30.5 Å². The molecule has 0 spiro atoms. The average Bonchev–Trinajstić information content (AvgIpc) is 2.80. The molecule has 0 aliphatic heterocycles. The molecule has 0 unspecified atom stereocenters. The molecule has 9 heteroatoms. The Hall–Kier alpha value is -2.84. The summed E-state index contributed by atoms with van der Waals surface area (Å²) in [4.78, 5) is 23.0. The number of benzene rings is 1. The number of amides is 1. The molecular weight excluding hydrogens is 303 g/mol. The number of para-hydroxylation sites is 1. The molecule has 0 fully saturated rings. The van der Waals surface area contributed by atoms with Gasteiger partial charge in [0.1, 0.15) is 5.56 Å². The van der Waals surface area contributed by atoms with Crippen molar-refractivity contribution in [1.29, 1.82) is 0 Å². The molecule has 0 aliphatic carbocycles. The van der Waals surface area contributed by atoms with Crippen LogP contribution in [0.4, 0.5) is 18.9 Å². The number of alkyl halides is 3. The molecule has 0 atom stereocenters. The molecule has 2 N–H and O–H groups in total. The molecule has 1 aromatic heterocycles. The van der Waals surface area contributed by atoms with Crippen molar-refractivity contribution >= 4 is 17.6 Å².